The molecule has 9 heteroatoms. The molecule has 1 aliphatic heterocycles. The SMILES string of the molecule is CC.Cc1nn(-c2cccc(OC(F)F)c2)c2ccc(C(=O)NC3(C)CS(=O)C3)cc12. The lowest BCUT2D eigenvalue weighted by atomic mass is 10.1. The zero-order valence-corrected chi connectivity index (χ0v) is 18.6. The van der Waals surface area contributed by atoms with E-state index in [9.17, 15) is 17.8 Å². The number of carbonyl (C=O) groups excluding carboxylic acids is 1. The number of hydrogen-bond acceptors (Lipinski definition) is 4. The minimum Gasteiger partial charge on any atom is -0.435 e. The molecule has 1 N–H and O–H groups in total. The van der Waals surface area contributed by atoms with Gasteiger partial charge in [-0.25, -0.2) is 4.68 Å². The van der Waals surface area contributed by atoms with E-state index in [4.69, 9.17) is 0 Å². The second kappa shape index (κ2) is 9.13. The molecule has 0 saturated carbocycles. The van der Waals surface area contributed by atoms with Crippen LogP contribution in [0.4, 0.5) is 8.78 Å². The minimum absolute atomic E-state index is 0.0425. The van der Waals surface area contributed by atoms with Crippen molar-refractivity contribution in [3.05, 3.63) is 53.7 Å². The van der Waals surface area contributed by atoms with Gasteiger partial charge in [0, 0.05) is 39.3 Å². The Morgan fingerprint density at radius 3 is 2.58 bits per heavy atom. The third kappa shape index (κ3) is 4.92. The van der Waals surface area contributed by atoms with Crippen LogP contribution in [0.5, 0.6) is 5.75 Å². The van der Waals surface area contributed by atoms with Crippen molar-refractivity contribution in [3.8, 4) is 11.4 Å². The number of fused-ring (bicyclic) bond motifs is 1. The van der Waals surface area contributed by atoms with E-state index in [1.165, 1.54) is 12.1 Å². The zero-order chi connectivity index (χ0) is 22.8. The van der Waals surface area contributed by atoms with Crippen LogP contribution in [0, 0.1) is 6.92 Å². The quantitative estimate of drug-likeness (QED) is 0.633. The van der Waals surface area contributed by atoms with E-state index in [0.29, 0.717) is 28.5 Å². The van der Waals surface area contributed by atoms with E-state index in [0.717, 1.165) is 10.9 Å². The van der Waals surface area contributed by atoms with Crippen LogP contribution in [0.1, 0.15) is 36.8 Å². The van der Waals surface area contributed by atoms with E-state index < -0.39 is 22.9 Å². The van der Waals surface area contributed by atoms with E-state index in [-0.39, 0.29) is 11.7 Å². The Morgan fingerprint density at radius 2 is 1.94 bits per heavy atom. The first-order chi connectivity index (χ1) is 14.7. The lowest BCUT2D eigenvalue weighted by Crippen LogP contribution is -2.61. The molecule has 0 bridgehead atoms. The Kier molecular flexibility index (Phi) is 6.74. The summed E-state index contributed by atoms with van der Waals surface area (Å²) in [6.07, 6.45) is 0. The third-order valence-electron chi connectivity index (χ3n) is 4.79. The van der Waals surface area contributed by atoms with Crippen LogP contribution in [0.25, 0.3) is 16.6 Å². The number of amides is 1. The Labute approximate surface area is 182 Å². The molecule has 0 radical (unpaired) electrons. The predicted molar refractivity (Wildman–Crippen MR) is 118 cm³/mol. The molecule has 1 amide bonds. The van der Waals surface area contributed by atoms with Crippen molar-refractivity contribution < 1.29 is 22.5 Å². The maximum atomic E-state index is 12.6. The van der Waals surface area contributed by atoms with Gasteiger partial charge >= 0.3 is 6.61 Å². The average Bonchev–Trinajstić information content (AvgIpc) is 3.04. The van der Waals surface area contributed by atoms with Crippen molar-refractivity contribution in [3.63, 3.8) is 0 Å². The normalized spacial score (nSPS) is 20.0. The molecule has 31 heavy (non-hydrogen) atoms. The molecule has 1 aliphatic rings. The number of halogens is 2. The fourth-order valence-corrected chi connectivity index (χ4v) is 4.97. The van der Waals surface area contributed by atoms with E-state index in [1.807, 2.05) is 27.7 Å². The van der Waals surface area contributed by atoms with Crippen LogP contribution in [-0.2, 0) is 10.8 Å². The number of ether oxygens (including phenoxy) is 1. The summed E-state index contributed by atoms with van der Waals surface area (Å²) < 4.78 is 42.5. The number of alkyl halides is 2. The van der Waals surface area contributed by atoms with Gasteiger partial charge in [0.05, 0.1) is 22.4 Å². The molecule has 0 aliphatic carbocycles. The second-order valence-corrected chi connectivity index (χ2v) is 8.81. The van der Waals surface area contributed by atoms with Gasteiger partial charge in [-0.3, -0.25) is 9.00 Å². The first-order valence-corrected chi connectivity index (χ1v) is 11.4. The summed E-state index contributed by atoms with van der Waals surface area (Å²) in [5.74, 6) is 0.718. The maximum Gasteiger partial charge on any atom is 0.387 e. The van der Waals surface area contributed by atoms with Crippen molar-refractivity contribution in [1.82, 2.24) is 15.1 Å². The highest BCUT2D eigenvalue weighted by atomic mass is 32.2. The number of hydrogen-bond donors (Lipinski definition) is 1. The van der Waals surface area contributed by atoms with Crippen molar-refractivity contribution >= 4 is 27.6 Å². The Morgan fingerprint density at radius 1 is 1.23 bits per heavy atom. The first-order valence-electron chi connectivity index (χ1n) is 9.96. The Balaban J connectivity index is 0.00000132. The molecule has 0 unspecified atom stereocenters. The Bertz CT molecular complexity index is 1120. The topological polar surface area (TPSA) is 73.2 Å². The van der Waals surface area contributed by atoms with Crippen molar-refractivity contribution in [2.24, 2.45) is 0 Å². The molecule has 2 heterocycles. The summed E-state index contributed by atoms with van der Waals surface area (Å²) in [5.41, 5.74) is 2.05. The van der Waals surface area contributed by atoms with Crippen LogP contribution in [0.15, 0.2) is 42.5 Å². The van der Waals surface area contributed by atoms with Crippen molar-refractivity contribution in [1.29, 1.82) is 0 Å². The van der Waals surface area contributed by atoms with E-state index in [1.54, 1.807) is 35.0 Å². The van der Waals surface area contributed by atoms with Crippen LogP contribution in [0.3, 0.4) is 0 Å². The molecule has 2 aromatic carbocycles. The second-order valence-electron chi connectivity index (χ2n) is 7.35. The lowest BCUT2D eigenvalue weighted by Gasteiger charge is -2.37. The van der Waals surface area contributed by atoms with Gasteiger partial charge in [0.25, 0.3) is 5.91 Å². The molecule has 3 aromatic rings. The first kappa shape index (κ1) is 22.9. The van der Waals surface area contributed by atoms with Gasteiger partial charge in [0.1, 0.15) is 5.75 Å². The van der Waals surface area contributed by atoms with E-state index >= 15 is 0 Å². The number of aryl methyl sites for hydroxylation is 1. The molecule has 0 spiro atoms. The molecule has 1 saturated heterocycles. The molecular formula is C22H25F2N3O3S. The summed E-state index contributed by atoms with van der Waals surface area (Å²) in [6.45, 7) is 4.79. The monoisotopic (exact) mass is 449 g/mol. The van der Waals surface area contributed by atoms with Crippen LogP contribution < -0.4 is 10.1 Å². The molecule has 1 aromatic heterocycles. The smallest absolute Gasteiger partial charge is 0.387 e. The summed E-state index contributed by atoms with van der Waals surface area (Å²) in [7, 11) is -0.869. The van der Waals surface area contributed by atoms with Gasteiger partial charge in [0.2, 0.25) is 0 Å². The molecule has 6 nitrogen and oxygen atoms in total. The number of benzene rings is 2. The van der Waals surface area contributed by atoms with Crippen molar-refractivity contribution in [2.75, 3.05) is 11.5 Å². The van der Waals surface area contributed by atoms with Gasteiger partial charge in [-0.05, 0) is 44.2 Å². The number of nitrogens with zero attached hydrogens (tertiary/aromatic N) is 2. The van der Waals surface area contributed by atoms with Crippen LogP contribution in [-0.4, -0.2) is 43.6 Å². The average molecular weight is 450 g/mol. The van der Waals surface area contributed by atoms with Gasteiger partial charge in [-0.1, -0.05) is 19.9 Å². The third-order valence-corrected chi connectivity index (χ3v) is 6.71. The standard InChI is InChI=1S/C20H19F2N3O3S.C2H6/c1-12-16-8-13(18(26)23-20(2)10-29(27)11-20)6-7-17(16)25(24-12)14-4-3-5-15(9-14)28-19(21)22;1-2/h3-9,19H,10-11H2,1-2H3,(H,23,26);1-2H3. The molecular weight excluding hydrogens is 424 g/mol. The highest BCUT2D eigenvalue weighted by Gasteiger charge is 2.39. The fraction of sp³-hybridized carbons (Fsp3) is 0.364. The Hall–Kier alpha value is -2.81. The van der Waals surface area contributed by atoms with Crippen molar-refractivity contribution in [2.45, 2.75) is 39.8 Å². The molecule has 0 atom stereocenters. The maximum absolute atomic E-state index is 12.6. The zero-order valence-electron chi connectivity index (χ0n) is 17.8. The van der Waals surface area contributed by atoms with Gasteiger partial charge in [0.15, 0.2) is 0 Å². The van der Waals surface area contributed by atoms with Gasteiger partial charge in [-0.15, -0.1) is 0 Å². The summed E-state index contributed by atoms with van der Waals surface area (Å²) in [4.78, 5) is 12.6. The van der Waals surface area contributed by atoms with Crippen LogP contribution in [0.2, 0.25) is 0 Å². The minimum atomic E-state index is -2.91. The fourth-order valence-electron chi connectivity index (χ4n) is 3.48. The largest absolute Gasteiger partial charge is 0.435 e. The number of nitrogens with one attached hydrogen (secondary N) is 1. The van der Waals surface area contributed by atoms with E-state index in [2.05, 4.69) is 15.2 Å². The molecule has 166 valence electrons. The molecule has 1 fully saturated rings. The summed E-state index contributed by atoms with van der Waals surface area (Å²) >= 11 is 0. The highest BCUT2D eigenvalue weighted by Crippen LogP contribution is 2.26. The van der Waals surface area contributed by atoms with Crippen LogP contribution >= 0.6 is 0 Å². The number of aromatic nitrogens is 2. The summed E-state index contributed by atoms with van der Waals surface area (Å²) in [6, 6.07) is 11.5. The number of carbonyl (C=O) groups is 1. The predicted octanol–water partition coefficient (Wildman–Crippen LogP) is 4.21. The number of rotatable bonds is 5. The van der Waals surface area contributed by atoms with Gasteiger partial charge in [-0.2, -0.15) is 13.9 Å². The summed E-state index contributed by atoms with van der Waals surface area (Å²) in [5, 5.41) is 8.21. The van der Waals surface area contributed by atoms with Gasteiger partial charge < -0.3 is 10.1 Å². The lowest BCUT2D eigenvalue weighted by molar-refractivity contribution is -0.0498. The highest BCUT2D eigenvalue weighted by molar-refractivity contribution is 7.86. The molecule has 4 rings (SSSR count).